The Morgan fingerprint density at radius 3 is 2.47 bits per heavy atom. The topological polar surface area (TPSA) is 48.7 Å². The van der Waals surface area contributed by atoms with Crippen LogP contribution in [0.1, 0.15) is 5.69 Å². The van der Waals surface area contributed by atoms with Crippen LogP contribution in [0.3, 0.4) is 0 Å². The van der Waals surface area contributed by atoms with Crippen molar-refractivity contribution in [3.05, 3.63) is 52.1 Å². The molecule has 2 aromatic rings. The summed E-state index contributed by atoms with van der Waals surface area (Å²) in [6, 6.07) is 12.2. The lowest BCUT2D eigenvalue weighted by Gasteiger charge is -2.06. The number of benzene rings is 1. The maximum absolute atomic E-state index is 8.73. The van der Waals surface area contributed by atoms with Gasteiger partial charge in [0, 0.05) is 15.7 Å². The molecule has 0 atom stereocenters. The number of hydrogen-bond acceptors (Lipinski definition) is 3. The van der Waals surface area contributed by atoms with Crippen molar-refractivity contribution in [2.75, 3.05) is 5.32 Å². The molecular weight excluding hydrogens is 257 g/mol. The highest BCUT2D eigenvalue weighted by Gasteiger charge is 2.00. The second-order valence-corrected chi connectivity index (χ2v) is 4.18. The van der Waals surface area contributed by atoms with Gasteiger partial charge in [-0.25, -0.2) is 4.98 Å². The molecule has 1 heterocycles. The van der Waals surface area contributed by atoms with Crippen molar-refractivity contribution in [3.8, 4) is 6.07 Å². The zero-order valence-electron chi connectivity index (χ0n) is 8.61. The van der Waals surface area contributed by atoms with Gasteiger partial charge in [-0.05, 0) is 30.3 Å². The summed E-state index contributed by atoms with van der Waals surface area (Å²) in [5.74, 6) is 0.572. The molecule has 0 radical (unpaired) electrons. The number of halogens is 2. The average molecular weight is 264 g/mol. The van der Waals surface area contributed by atoms with E-state index in [1.165, 1.54) is 0 Å². The second-order valence-electron chi connectivity index (χ2n) is 3.30. The summed E-state index contributed by atoms with van der Waals surface area (Å²) in [5, 5.41) is 12.8. The van der Waals surface area contributed by atoms with E-state index in [4.69, 9.17) is 28.5 Å². The van der Waals surface area contributed by atoms with Crippen LogP contribution in [0.5, 0.6) is 0 Å². The molecule has 0 saturated heterocycles. The van der Waals surface area contributed by atoms with Gasteiger partial charge in [0.1, 0.15) is 17.6 Å². The molecule has 0 spiro atoms. The Labute approximate surface area is 109 Å². The monoisotopic (exact) mass is 263 g/mol. The summed E-state index contributed by atoms with van der Waals surface area (Å²) >= 11 is 11.8. The standard InChI is InChI=1S/C12H7Cl2N3/c13-8-4-9(14)6-11(5-8)17-12-3-1-2-10(7-15)16-12/h1-6H,(H,16,17). The largest absolute Gasteiger partial charge is 0.340 e. The second kappa shape index (κ2) is 5.05. The first-order chi connectivity index (χ1) is 8.17. The SMILES string of the molecule is N#Cc1cccc(Nc2cc(Cl)cc(Cl)c2)n1. The first-order valence-electron chi connectivity index (χ1n) is 4.77. The summed E-state index contributed by atoms with van der Waals surface area (Å²) in [7, 11) is 0. The third-order valence-electron chi connectivity index (χ3n) is 2.00. The van der Waals surface area contributed by atoms with E-state index >= 15 is 0 Å². The first kappa shape index (κ1) is 11.7. The molecule has 0 saturated carbocycles. The van der Waals surface area contributed by atoms with Crippen LogP contribution in [0.25, 0.3) is 0 Å². The van der Waals surface area contributed by atoms with Gasteiger partial charge in [-0.2, -0.15) is 5.26 Å². The molecule has 0 amide bonds. The van der Waals surface area contributed by atoms with Gasteiger partial charge in [0.25, 0.3) is 0 Å². The highest BCUT2D eigenvalue weighted by molar-refractivity contribution is 6.35. The Morgan fingerprint density at radius 1 is 1.12 bits per heavy atom. The molecule has 1 aromatic heterocycles. The van der Waals surface area contributed by atoms with E-state index in [9.17, 15) is 0 Å². The van der Waals surface area contributed by atoms with Gasteiger partial charge in [-0.3, -0.25) is 0 Å². The molecule has 1 aromatic carbocycles. The van der Waals surface area contributed by atoms with E-state index in [1.54, 1.807) is 36.4 Å². The summed E-state index contributed by atoms with van der Waals surface area (Å²) < 4.78 is 0. The Morgan fingerprint density at radius 2 is 1.82 bits per heavy atom. The van der Waals surface area contributed by atoms with Crippen molar-refractivity contribution in [2.45, 2.75) is 0 Å². The summed E-state index contributed by atoms with van der Waals surface area (Å²) in [6.07, 6.45) is 0. The Hall–Kier alpha value is -1.76. The van der Waals surface area contributed by atoms with Crippen molar-refractivity contribution in [1.82, 2.24) is 4.98 Å². The van der Waals surface area contributed by atoms with Gasteiger partial charge in [0.15, 0.2) is 0 Å². The molecule has 0 aliphatic heterocycles. The normalized spacial score (nSPS) is 9.71. The number of aromatic nitrogens is 1. The van der Waals surface area contributed by atoms with E-state index < -0.39 is 0 Å². The van der Waals surface area contributed by atoms with Gasteiger partial charge < -0.3 is 5.32 Å². The number of nitrogens with zero attached hydrogens (tertiary/aromatic N) is 2. The third kappa shape index (κ3) is 3.10. The number of anilines is 2. The quantitative estimate of drug-likeness (QED) is 0.891. The van der Waals surface area contributed by atoms with E-state index in [1.807, 2.05) is 6.07 Å². The number of nitrogens with one attached hydrogen (secondary N) is 1. The van der Waals surface area contributed by atoms with Crippen LogP contribution < -0.4 is 5.32 Å². The molecule has 0 unspecified atom stereocenters. The van der Waals surface area contributed by atoms with E-state index in [2.05, 4.69) is 10.3 Å². The molecule has 0 bridgehead atoms. The predicted molar refractivity (Wildman–Crippen MR) is 68.7 cm³/mol. The van der Waals surface area contributed by atoms with E-state index in [-0.39, 0.29) is 0 Å². The average Bonchev–Trinajstić information content (AvgIpc) is 2.28. The van der Waals surface area contributed by atoms with Crippen molar-refractivity contribution in [3.63, 3.8) is 0 Å². The van der Waals surface area contributed by atoms with E-state index in [0.717, 1.165) is 5.69 Å². The summed E-state index contributed by atoms with van der Waals surface area (Å²) in [6.45, 7) is 0. The maximum Gasteiger partial charge on any atom is 0.142 e. The van der Waals surface area contributed by atoms with Gasteiger partial charge in [0.05, 0.1) is 0 Å². The summed E-state index contributed by atoms with van der Waals surface area (Å²) in [5.41, 5.74) is 1.08. The molecular formula is C12H7Cl2N3. The fraction of sp³-hybridized carbons (Fsp3) is 0. The Balaban J connectivity index is 2.28. The minimum Gasteiger partial charge on any atom is -0.340 e. The van der Waals surface area contributed by atoms with E-state index in [0.29, 0.717) is 21.6 Å². The van der Waals surface area contributed by atoms with Crippen molar-refractivity contribution < 1.29 is 0 Å². The number of nitriles is 1. The van der Waals surface area contributed by atoms with Crippen LogP contribution in [-0.4, -0.2) is 4.98 Å². The van der Waals surface area contributed by atoms with Crippen molar-refractivity contribution >= 4 is 34.7 Å². The molecule has 0 fully saturated rings. The zero-order valence-corrected chi connectivity index (χ0v) is 10.1. The van der Waals surface area contributed by atoms with Crippen LogP contribution in [-0.2, 0) is 0 Å². The highest BCUT2D eigenvalue weighted by Crippen LogP contribution is 2.24. The lowest BCUT2D eigenvalue weighted by molar-refractivity contribution is 1.25. The van der Waals surface area contributed by atoms with Crippen LogP contribution in [0.4, 0.5) is 11.5 Å². The van der Waals surface area contributed by atoms with Gasteiger partial charge in [-0.1, -0.05) is 29.3 Å². The Bertz CT molecular complexity index is 570. The Kier molecular flexibility index (Phi) is 3.48. The van der Waals surface area contributed by atoms with Crippen molar-refractivity contribution in [2.24, 2.45) is 0 Å². The molecule has 17 heavy (non-hydrogen) atoms. The van der Waals surface area contributed by atoms with Gasteiger partial charge in [-0.15, -0.1) is 0 Å². The molecule has 0 aliphatic carbocycles. The van der Waals surface area contributed by atoms with Gasteiger partial charge in [0.2, 0.25) is 0 Å². The lowest BCUT2D eigenvalue weighted by Crippen LogP contribution is -1.94. The third-order valence-corrected chi connectivity index (χ3v) is 2.44. The molecule has 2 rings (SSSR count). The minimum absolute atomic E-state index is 0.350. The molecule has 1 N–H and O–H groups in total. The zero-order chi connectivity index (χ0) is 12.3. The van der Waals surface area contributed by atoms with Crippen LogP contribution in [0.15, 0.2) is 36.4 Å². The van der Waals surface area contributed by atoms with Crippen LogP contribution >= 0.6 is 23.2 Å². The maximum atomic E-state index is 8.73. The highest BCUT2D eigenvalue weighted by atomic mass is 35.5. The fourth-order valence-electron chi connectivity index (χ4n) is 1.34. The molecule has 0 aliphatic rings. The molecule has 84 valence electrons. The summed E-state index contributed by atoms with van der Waals surface area (Å²) in [4.78, 5) is 4.09. The molecule has 3 nitrogen and oxygen atoms in total. The van der Waals surface area contributed by atoms with Gasteiger partial charge >= 0.3 is 0 Å². The van der Waals surface area contributed by atoms with Crippen LogP contribution in [0.2, 0.25) is 10.0 Å². The number of pyridine rings is 1. The lowest BCUT2D eigenvalue weighted by atomic mass is 10.3. The fourth-order valence-corrected chi connectivity index (χ4v) is 1.87. The minimum atomic E-state index is 0.350. The predicted octanol–water partition coefficient (Wildman–Crippen LogP) is 4.00. The number of rotatable bonds is 2. The van der Waals surface area contributed by atoms with Crippen LogP contribution in [0, 0.1) is 11.3 Å². The molecule has 5 heteroatoms. The smallest absolute Gasteiger partial charge is 0.142 e. The van der Waals surface area contributed by atoms with Crippen molar-refractivity contribution in [1.29, 1.82) is 5.26 Å². The first-order valence-corrected chi connectivity index (χ1v) is 5.53. The number of hydrogen-bond donors (Lipinski definition) is 1.